The van der Waals surface area contributed by atoms with Gasteiger partial charge in [0.05, 0.1) is 35.2 Å². The number of hydrogen-bond donors (Lipinski definition) is 1. The van der Waals surface area contributed by atoms with Gasteiger partial charge in [-0.1, -0.05) is 29.5 Å². The molecule has 0 saturated heterocycles. The zero-order valence-electron chi connectivity index (χ0n) is 17.2. The van der Waals surface area contributed by atoms with Crippen LogP contribution >= 0.6 is 11.3 Å². The molecule has 0 saturated carbocycles. The number of aromatic nitrogens is 1. The van der Waals surface area contributed by atoms with Gasteiger partial charge in [-0.2, -0.15) is 0 Å². The Labute approximate surface area is 187 Å². The molecule has 0 spiro atoms. The van der Waals surface area contributed by atoms with Gasteiger partial charge in [0.25, 0.3) is 5.91 Å². The average molecular weight is 446 g/mol. The number of aliphatic hydroxyl groups excluding tert-OH is 1. The van der Waals surface area contributed by atoms with Crippen LogP contribution < -0.4 is 9.64 Å². The molecule has 0 bridgehead atoms. The molecule has 0 fully saturated rings. The summed E-state index contributed by atoms with van der Waals surface area (Å²) in [6, 6.07) is 15.0. The minimum Gasteiger partial charge on any atom is -0.503 e. The van der Waals surface area contributed by atoms with Gasteiger partial charge in [-0.25, -0.2) is 4.98 Å². The summed E-state index contributed by atoms with van der Waals surface area (Å²) in [6.45, 7) is 1.98. The number of furan rings is 1. The van der Waals surface area contributed by atoms with Crippen LogP contribution in [0, 0.1) is 6.92 Å². The van der Waals surface area contributed by atoms with Gasteiger partial charge in [-0.15, -0.1) is 0 Å². The highest BCUT2D eigenvalue weighted by Crippen LogP contribution is 2.44. The number of ketones is 1. The smallest absolute Gasteiger partial charge is 0.296 e. The quantitative estimate of drug-likeness (QED) is 0.434. The van der Waals surface area contributed by atoms with Crippen LogP contribution in [0.2, 0.25) is 0 Å². The number of carbonyl (C=O) groups is 2. The molecule has 2 aromatic heterocycles. The summed E-state index contributed by atoms with van der Waals surface area (Å²) in [7, 11) is 1.56. The molecule has 7 nitrogen and oxygen atoms in total. The molecule has 160 valence electrons. The maximum atomic E-state index is 13.2. The lowest BCUT2D eigenvalue weighted by Crippen LogP contribution is -2.30. The highest BCUT2D eigenvalue weighted by molar-refractivity contribution is 7.22. The van der Waals surface area contributed by atoms with E-state index in [1.54, 1.807) is 37.4 Å². The summed E-state index contributed by atoms with van der Waals surface area (Å²) in [4.78, 5) is 32.4. The molecule has 4 aromatic rings. The Bertz CT molecular complexity index is 1370. The van der Waals surface area contributed by atoms with Gasteiger partial charge in [0.15, 0.2) is 16.7 Å². The van der Waals surface area contributed by atoms with E-state index in [4.69, 9.17) is 9.15 Å². The molecule has 32 heavy (non-hydrogen) atoms. The summed E-state index contributed by atoms with van der Waals surface area (Å²) in [6.07, 6.45) is 1.37. The van der Waals surface area contributed by atoms with Crippen molar-refractivity contribution in [3.63, 3.8) is 0 Å². The van der Waals surface area contributed by atoms with Crippen LogP contribution in [-0.2, 0) is 4.79 Å². The molecule has 5 rings (SSSR count). The molecule has 1 aliphatic heterocycles. The van der Waals surface area contributed by atoms with Crippen LogP contribution in [0.25, 0.3) is 10.2 Å². The van der Waals surface area contributed by atoms with Gasteiger partial charge >= 0.3 is 0 Å². The normalized spacial score (nSPS) is 16.2. The predicted molar refractivity (Wildman–Crippen MR) is 120 cm³/mol. The Balaban J connectivity index is 1.67. The predicted octanol–water partition coefficient (Wildman–Crippen LogP) is 4.99. The van der Waals surface area contributed by atoms with Gasteiger partial charge in [0.2, 0.25) is 5.78 Å². The number of carbonyl (C=O) groups excluding carboxylic acids is 2. The number of aryl methyl sites for hydroxylation is 1. The van der Waals surface area contributed by atoms with Gasteiger partial charge in [0.1, 0.15) is 5.75 Å². The van der Waals surface area contributed by atoms with Crippen molar-refractivity contribution in [3.8, 4) is 5.75 Å². The van der Waals surface area contributed by atoms with E-state index in [-0.39, 0.29) is 11.3 Å². The third-order valence-corrected chi connectivity index (χ3v) is 6.39. The molecular weight excluding hydrogens is 428 g/mol. The van der Waals surface area contributed by atoms with Crippen LogP contribution in [0.4, 0.5) is 5.13 Å². The van der Waals surface area contributed by atoms with E-state index >= 15 is 0 Å². The van der Waals surface area contributed by atoms with Crippen molar-refractivity contribution >= 4 is 38.4 Å². The van der Waals surface area contributed by atoms with Crippen LogP contribution in [0.5, 0.6) is 5.75 Å². The van der Waals surface area contributed by atoms with Crippen LogP contribution in [-0.4, -0.2) is 28.9 Å². The fourth-order valence-corrected chi connectivity index (χ4v) is 4.89. The highest BCUT2D eigenvalue weighted by atomic mass is 32.1. The van der Waals surface area contributed by atoms with Crippen molar-refractivity contribution in [2.24, 2.45) is 0 Å². The molecule has 1 amide bonds. The monoisotopic (exact) mass is 446 g/mol. The zero-order valence-corrected chi connectivity index (χ0v) is 18.1. The Morgan fingerprint density at radius 2 is 1.97 bits per heavy atom. The number of nitrogens with zero attached hydrogens (tertiary/aromatic N) is 2. The van der Waals surface area contributed by atoms with Gasteiger partial charge in [0, 0.05) is 0 Å². The van der Waals surface area contributed by atoms with E-state index in [0.717, 1.165) is 15.8 Å². The maximum Gasteiger partial charge on any atom is 0.296 e. The first kappa shape index (κ1) is 20.0. The van der Waals surface area contributed by atoms with Gasteiger partial charge in [-0.05, 0) is 54.4 Å². The molecule has 0 unspecified atom stereocenters. The van der Waals surface area contributed by atoms with Crippen molar-refractivity contribution < 1.29 is 23.8 Å². The SMILES string of the molecule is COc1ccc([C@H]2C(C(=O)c3ccco3)=C(O)C(=O)N2c2nc3ccc(C)cc3s2)cc1. The van der Waals surface area contributed by atoms with Crippen molar-refractivity contribution in [1.29, 1.82) is 0 Å². The van der Waals surface area contributed by atoms with Crippen molar-refractivity contribution in [3.05, 3.63) is 89.1 Å². The van der Waals surface area contributed by atoms with Crippen molar-refractivity contribution in [2.45, 2.75) is 13.0 Å². The first-order chi connectivity index (χ1) is 15.5. The fourth-order valence-electron chi connectivity index (χ4n) is 3.80. The summed E-state index contributed by atoms with van der Waals surface area (Å²) in [5.74, 6) is -1.17. The standard InChI is InChI=1S/C24H18N2O5S/c1-13-5-10-16-18(12-13)32-24(25-16)26-20(14-6-8-15(30-2)9-7-14)19(22(28)23(26)29)21(27)17-4-3-11-31-17/h3-12,20,28H,1-2H3/t20-/m0/s1. The third-order valence-electron chi connectivity index (χ3n) is 5.37. The van der Waals surface area contributed by atoms with Crippen LogP contribution in [0.15, 0.2) is 76.6 Å². The van der Waals surface area contributed by atoms with E-state index in [1.165, 1.54) is 28.6 Å². The number of methoxy groups -OCH3 is 1. The number of aliphatic hydroxyl groups is 1. The maximum absolute atomic E-state index is 13.2. The van der Waals surface area contributed by atoms with E-state index < -0.39 is 23.5 Å². The molecule has 0 radical (unpaired) electrons. The number of thiazole rings is 1. The molecule has 1 N–H and O–H groups in total. The summed E-state index contributed by atoms with van der Waals surface area (Å²) >= 11 is 1.33. The lowest BCUT2D eigenvalue weighted by molar-refractivity contribution is -0.117. The summed E-state index contributed by atoms with van der Waals surface area (Å²) in [5.41, 5.74) is 2.39. The van der Waals surface area contributed by atoms with Crippen molar-refractivity contribution in [1.82, 2.24) is 4.98 Å². The Kier molecular flexibility index (Phi) is 4.79. The number of Topliss-reactive ketones (excluding diaryl/α,β-unsaturated/α-hetero) is 1. The average Bonchev–Trinajstić information content (AvgIpc) is 3.52. The van der Waals surface area contributed by atoms with E-state index in [0.29, 0.717) is 16.4 Å². The minimum absolute atomic E-state index is 0.0413. The topological polar surface area (TPSA) is 92.9 Å². The zero-order chi connectivity index (χ0) is 22.4. The number of anilines is 1. The molecule has 0 aliphatic carbocycles. The number of benzene rings is 2. The number of fused-ring (bicyclic) bond motifs is 1. The fraction of sp³-hybridized carbons (Fsp3) is 0.125. The molecule has 8 heteroatoms. The van der Waals surface area contributed by atoms with Crippen molar-refractivity contribution in [2.75, 3.05) is 12.0 Å². The molecule has 1 aliphatic rings. The summed E-state index contributed by atoms with van der Waals surface area (Å²) in [5, 5.41) is 11.2. The second kappa shape index (κ2) is 7.65. The molecular formula is C24H18N2O5S. The Morgan fingerprint density at radius 3 is 2.66 bits per heavy atom. The van der Waals surface area contributed by atoms with Gasteiger partial charge in [-0.3, -0.25) is 14.5 Å². The first-order valence-electron chi connectivity index (χ1n) is 9.84. The summed E-state index contributed by atoms with van der Waals surface area (Å²) < 4.78 is 11.4. The van der Waals surface area contributed by atoms with Crippen LogP contribution in [0.1, 0.15) is 27.7 Å². The van der Waals surface area contributed by atoms with Crippen LogP contribution in [0.3, 0.4) is 0 Å². The van der Waals surface area contributed by atoms with Gasteiger partial charge < -0.3 is 14.3 Å². The first-order valence-corrected chi connectivity index (χ1v) is 10.7. The molecule has 1 atom stereocenters. The molecule has 2 aromatic carbocycles. The second-order valence-electron chi connectivity index (χ2n) is 7.39. The van der Waals surface area contributed by atoms with E-state index in [9.17, 15) is 14.7 Å². The Hall–Kier alpha value is -3.91. The number of hydrogen-bond acceptors (Lipinski definition) is 7. The number of amides is 1. The number of rotatable bonds is 5. The largest absolute Gasteiger partial charge is 0.503 e. The molecule has 3 heterocycles. The third kappa shape index (κ3) is 3.16. The lowest BCUT2D eigenvalue weighted by atomic mass is 9.95. The van der Waals surface area contributed by atoms with E-state index in [1.807, 2.05) is 25.1 Å². The Morgan fingerprint density at radius 1 is 1.19 bits per heavy atom. The highest BCUT2D eigenvalue weighted by Gasteiger charge is 2.46. The number of ether oxygens (including phenoxy) is 1. The van der Waals surface area contributed by atoms with E-state index in [2.05, 4.69) is 4.98 Å². The second-order valence-corrected chi connectivity index (χ2v) is 8.40. The minimum atomic E-state index is -0.868. The lowest BCUT2D eigenvalue weighted by Gasteiger charge is -2.24.